The molecular weight excluding hydrogens is 729 g/mol. The molecule has 1 heterocycles. The molecule has 0 aliphatic carbocycles. The smallest absolute Gasteiger partial charge is 0.399 e. The number of benzene rings is 4. The number of anilines is 2. The molecule has 1 aliphatic heterocycles. The molecule has 50 heavy (non-hydrogen) atoms. The van der Waals surface area contributed by atoms with Gasteiger partial charge in [0, 0.05) is 15.8 Å². The summed E-state index contributed by atoms with van der Waals surface area (Å²) in [6.45, 7) is 7.89. The molecule has 14 heteroatoms. The minimum absolute atomic E-state index is 0.0416. The Morgan fingerprint density at radius 2 is 1.02 bits per heavy atom. The fourth-order valence-electron chi connectivity index (χ4n) is 4.70. The molecule has 1 aliphatic rings. The van der Waals surface area contributed by atoms with Crippen molar-refractivity contribution in [2.24, 2.45) is 0 Å². The Balaban J connectivity index is 0.000000237. The van der Waals surface area contributed by atoms with Crippen LogP contribution >= 0.6 is 15.9 Å². The largest absolute Gasteiger partial charge is 0.494 e. The molecule has 0 saturated carbocycles. The van der Waals surface area contributed by atoms with Crippen LogP contribution in [0.5, 0.6) is 0 Å². The summed E-state index contributed by atoms with van der Waals surface area (Å²) in [4.78, 5) is 24.0. The van der Waals surface area contributed by atoms with Crippen molar-refractivity contribution in [3.05, 3.63) is 124 Å². The van der Waals surface area contributed by atoms with Crippen LogP contribution in [0, 0.1) is 0 Å². The zero-order valence-electron chi connectivity index (χ0n) is 27.5. The number of rotatable bonds is 7. The monoisotopic (exact) mass is 762 g/mol. The number of carbonyl (C=O) groups is 2. The van der Waals surface area contributed by atoms with Crippen molar-refractivity contribution in [2.75, 3.05) is 10.6 Å². The molecule has 0 radical (unpaired) electrons. The van der Waals surface area contributed by atoms with Gasteiger partial charge in [-0.3, -0.25) is 9.59 Å². The summed E-state index contributed by atoms with van der Waals surface area (Å²) in [5.74, 6) is -0.760. The molecule has 4 aromatic carbocycles. The lowest BCUT2D eigenvalue weighted by Gasteiger charge is -2.32. The number of nitrogens with one attached hydrogen (secondary N) is 2. The topological polar surface area (TPSA) is 76.7 Å². The van der Waals surface area contributed by atoms with Crippen molar-refractivity contribution >= 4 is 51.7 Å². The van der Waals surface area contributed by atoms with Crippen LogP contribution in [0.2, 0.25) is 0 Å². The van der Waals surface area contributed by atoms with E-state index in [1.54, 1.807) is 36.4 Å². The first-order chi connectivity index (χ1) is 23.2. The lowest BCUT2D eigenvalue weighted by atomic mass is 9.79. The van der Waals surface area contributed by atoms with Gasteiger partial charge in [-0.25, -0.2) is 0 Å². The van der Waals surface area contributed by atoms with Gasteiger partial charge in [0.15, 0.2) is 0 Å². The van der Waals surface area contributed by atoms with Crippen LogP contribution in [-0.2, 0) is 44.1 Å². The van der Waals surface area contributed by atoms with E-state index < -0.39 is 47.7 Å². The number of alkyl halides is 6. The van der Waals surface area contributed by atoms with Gasteiger partial charge >= 0.3 is 19.5 Å². The molecule has 2 amide bonds. The van der Waals surface area contributed by atoms with Gasteiger partial charge in [0.1, 0.15) is 0 Å². The summed E-state index contributed by atoms with van der Waals surface area (Å²) in [6, 6.07) is 23.5. The van der Waals surface area contributed by atoms with Gasteiger partial charge in [-0.2, -0.15) is 26.3 Å². The van der Waals surface area contributed by atoms with E-state index in [-0.39, 0.29) is 30.1 Å². The zero-order chi connectivity index (χ0) is 36.9. The molecule has 0 aromatic heterocycles. The van der Waals surface area contributed by atoms with E-state index in [4.69, 9.17) is 9.31 Å². The van der Waals surface area contributed by atoms with E-state index in [9.17, 15) is 35.9 Å². The van der Waals surface area contributed by atoms with Crippen molar-refractivity contribution in [1.82, 2.24) is 0 Å². The van der Waals surface area contributed by atoms with Crippen LogP contribution in [-0.4, -0.2) is 30.1 Å². The predicted molar refractivity (Wildman–Crippen MR) is 184 cm³/mol. The van der Waals surface area contributed by atoms with Crippen molar-refractivity contribution in [1.29, 1.82) is 0 Å². The van der Waals surface area contributed by atoms with Crippen LogP contribution in [0.25, 0.3) is 0 Å². The van der Waals surface area contributed by atoms with Crippen molar-refractivity contribution in [3.8, 4) is 0 Å². The Kier molecular flexibility index (Phi) is 11.9. The third-order valence-corrected chi connectivity index (χ3v) is 8.62. The second-order valence-electron chi connectivity index (χ2n) is 12.6. The molecule has 0 spiro atoms. The predicted octanol–water partition coefficient (Wildman–Crippen LogP) is 8.83. The van der Waals surface area contributed by atoms with Gasteiger partial charge < -0.3 is 19.9 Å². The molecule has 1 saturated heterocycles. The highest BCUT2D eigenvalue weighted by atomic mass is 79.9. The lowest BCUT2D eigenvalue weighted by molar-refractivity contribution is -0.138. The first-order valence-electron chi connectivity index (χ1n) is 15.3. The lowest BCUT2D eigenvalue weighted by Crippen LogP contribution is -2.41. The van der Waals surface area contributed by atoms with Crippen molar-refractivity contribution < 1.29 is 45.2 Å². The van der Waals surface area contributed by atoms with E-state index in [0.29, 0.717) is 0 Å². The van der Waals surface area contributed by atoms with E-state index in [0.717, 1.165) is 45.3 Å². The molecule has 264 valence electrons. The quantitative estimate of drug-likeness (QED) is 0.146. The Bertz CT molecular complexity index is 1780. The Morgan fingerprint density at radius 3 is 1.40 bits per heavy atom. The van der Waals surface area contributed by atoms with Crippen molar-refractivity contribution in [3.63, 3.8) is 0 Å². The van der Waals surface area contributed by atoms with Crippen LogP contribution < -0.4 is 16.1 Å². The highest BCUT2D eigenvalue weighted by Gasteiger charge is 2.51. The molecule has 0 bridgehead atoms. The maximum atomic E-state index is 12.8. The number of carbonyl (C=O) groups excluding carboxylic acids is 2. The van der Waals surface area contributed by atoms with Gasteiger partial charge in [0.25, 0.3) is 0 Å². The number of amides is 2. The van der Waals surface area contributed by atoms with Crippen LogP contribution in [0.15, 0.2) is 102 Å². The minimum Gasteiger partial charge on any atom is -0.399 e. The van der Waals surface area contributed by atoms with Gasteiger partial charge in [-0.05, 0) is 92.8 Å². The Morgan fingerprint density at radius 1 is 0.640 bits per heavy atom. The molecule has 2 N–H and O–H groups in total. The molecule has 1 fully saturated rings. The molecule has 0 unspecified atom stereocenters. The van der Waals surface area contributed by atoms with Gasteiger partial charge in [-0.1, -0.05) is 64.5 Å². The highest BCUT2D eigenvalue weighted by Crippen LogP contribution is 2.36. The SMILES string of the molecule is CC1(C)OB(c2ccc(CC(=O)Nc3cccc(C(F)(F)F)c3)cc2)OC1(C)C.O=C(Cc1ccc(Br)cc1)Nc1cccc(C(F)(F)F)c1. The average Bonchev–Trinajstić information content (AvgIpc) is 3.24. The van der Waals surface area contributed by atoms with Crippen LogP contribution in [0.4, 0.5) is 37.7 Å². The first kappa shape index (κ1) is 38.7. The summed E-state index contributed by atoms with van der Waals surface area (Å²) >= 11 is 3.28. The normalized spacial score (nSPS) is 15.1. The van der Waals surface area contributed by atoms with Crippen LogP contribution in [0.1, 0.15) is 49.9 Å². The molecule has 4 aromatic rings. The minimum atomic E-state index is -4.45. The maximum absolute atomic E-state index is 12.8. The first-order valence-corrected chi connectivity index (χ1v) is 16.1. The molecule has 5 rings (SSSR count). The van der Waals surface area contributed by atoms with Gasteiger partial charge in [-0.15, -0.1) is 0 Å². The second kappa shape index (κ2) is 15.4. The van der Waals surface area contributed by atoms with Crippen molar-refractivity contribution in [2.45, 2.75) is 64.1 Å². The molecule has 0 atom stereocenters. The summed E-state index contributed by atoms with van der Waals surface area (Å²) < 4.78 is 88.9. The Hall–Kier alpha value is -4.14. The number of hydrogen-bond donors (Lipinski definition) is 2. The second-order valence-corrected chi connectivity index (χ2v) is 13.5. The number of hydrogen-bond acceptors (Lipinski definition) is 4. The summed E-state index contributed by atoms with van der Waals surface area (Å²) in [5.41, 5.74) is 0.113. The summed E-state index contributed by atoms with van der Waals surface area (Å²) in [6.07, 6.45) is -8.74. The third kappa shape index (κ3) is 10.7. The fourth-order valence-corrected chi connectivity index (χ4v) is 4.97. The van der Waals surface area contributed by atoms with Crippen LogP contribution in [0.3, 0.4) is 0 Å². The molecule has 6 nitrogen and oxygen atoms in total. The Labute approximate surface area is 294 Å². The van der Waals surface area contributed by atoms with E-state index in [2.05, 4.69) is 26.6 Å². The standard InChI is InChI=1S/C21H23BF3NO3.C15H11BrF3NO/c1-19(2)20(3,4)29-22(28-19)16-10-8-14(9-11-16)12-18(27)26-17-7-5-6-15(13-17)21(23,24)25;16-12-6-4-10(5-7-12)8-14(21)20-13-3-1-2-11(9-13)15(17,18)19/h5-11,13H,12H2,1-4H3,(H,26,27);1-7,9H,8H2,(H,20,21). The maximum Gasteiger partial charge on any atom is 0.494 e. The van der Waals surface area contributed by atoms with E-state index in [1.807, 2.05) is 39.8 Å². The third-order valence-electron chi connectivity index (χ3n) is 8.10. The van der Waals surface area contributed by atoms with Gasteiger partial charge in [0.2, 0.25) is 11.8 Å². The number of halogens is 7. The highest BCUT2D eigenvalue weighted by molar-refractivity contribution is 9.10. The summed E-state index contributed by atoms with van der Waals surface area (Å²) in [7, 11) is -0.493. The zero-order valence-corrected chi connectivity index (χ0v) is 29.1. The summed E-state index contributed by atoms with van der Waals surface area (Å²) in [5, 5.41) is 4.97. The van der Waals surface area contributed by atoms with Gasteiger partial charge in [0.05, 0.1) is 35.2 Å². The molecular formula is C36H34BBrF6N2O4. The fraction of sp³-hybridized carbons (Fsp3) is 0.278. The van der Waals surface area contributed by atoms with E-state index >= 15 is 0 Å². The average molecular weight is 763 g/mol. The van der Waals surface area contributed by atoms with E-state index in [1.165, 1.54) is 24.3 Å².